The highest BCUT2D eigenvalue weighted by atomic mass is 127. The highest BCUT2D eigenvalue weighted by Crippen LogP contribution is 2.22. The van der Waals surface area contributed by atoms with E-state index in [0.29, 0.717) is 12.1 Å². The largest absolute Gasteiger partial charge is 0.355 e. The number of hydrogen-bond acceptors (Lipinski definition) is 2. The van der Waals surface area contributed by atoms with Crippen molar-refractivity contribution in [3.05, 3.63) is 12.2 Å². The van der Waals surface area contributed by atoms with E-state index in [-0.39, 0.29) is 24.0 Å². The van der Waals surface area contributed by atoms with Gasteiger partial charge in [-0.1, -0.05) is 38.8 Å². The maximum absolute atomic E-state index is 4.41. The molecule has 2 rings (SSSR count). The Kier molecular flexibility index (Phi) is 10.2. The van der Waals surface area contributed by atoms with Gasteiger partial charge in [0.1, 0.15) is 0 Å². The average Bonchev–Trinajstić information content (AvgIpc) is 3.23. The van der Waals surface area contributed by atoms with Gasteiger partial charge in [0.25, 0.3) is 0 Å². The number of nitrogens with one attached hydrogen (secondary N) is 2. The highest BCUT2D eigenvalue weighted by molar-refractivity contribution is 14.0. The Hall–Kier alpha value is -0.300. The minimum Gasteiger partial charge on any atom is -0.355 e. The van der Waals surface area contributed by atoms with E-state index >= 15 is 0 Å². The van der Waals surface area contributed by atoms with Gasteiger partial charge < -0.3 is 10.6 Å². The van der Waals surface area contributed by atoms with E-state index in [1.807, 2.05) is 7.05 Å². The summed E-state index contributed by atoms with van der Waals surface area (Å²) >= 11 is 0. The van der Waals surface area contributed by atoms with Crippen LogP contribution in [0, 0.1) is 5.92 Å². The molecular weight excluding hydrogens is 399 g/mol. The molecule has 1 unspecified atom stereocenters. The van der Waals surface area contributed by atoms with Crippen LogP contribution in [-0.4, -0.2) is 49.6 Å². The van der Waals surface area contributed by atoms with E-state index in [1.54, 1.807) is 0 Å². The van der Waals surface area contributed by atoms with Crippen molar-refractivity contribution in [2.75, 3.05) is 26.7 Å². The van der Waals surface area contributed by atoms with Crippen LogP contribution in [0.4, 0.5) is 0 Å². The van der Waals surface area contributed by atoms with Gasteiger partial charge in [-0.15, -0.1) is 24.0 Å². The van der Waals surface area contributed by atoms with Crippen LogP contribution in [0.1, 0.15) is 52.4 Å². The monoisotopic (exact) mass is 434 g/mol. The Morgan fingerprint density at radius 3 is 2.30 bits per heavy atom. The van der Waals surface area contributed by atoms with Gasteiger partial charge in [0, 0.05) is 25.7 Å². The standard InChI is InChI=1S/C18H34N4.HI/c1-4-15(5-2)17(22-12-8-9-13-22)14-20-18(19-3)21-16-10-6-7-11-16;/h6-7,15-17H,4-5,8-14H2,1-3H3,(H2,19,20,21);1H. The molecule has 0 spiro atoms. The maximum Gasteiger partial charge on any atom is 0.191 e. The number of halogens is 1. The lowest BCUT2D eigenvalue weighted by molar-refractivity contribution is 0.166. The fourth-order valence-corrected chi connectivity index (χ4v) is 3.82. The minimum absolute atomic E-state index is 0. The zero-order valence-electron chi connectivity index (χ0n) is 15.1. The third-order valence-corrected chi connectivity index (χ3v) is 5.25. The van der Waals surface area contributed by atoms with Gasteiger partial charge >= 0.3 is 0 Å². The van der Waals surface area contributed by atoms with Gasteiger partial charge in [-0.3, -0.25) is 9.89 Å². The Morgan fingerprint density at radius 1 is 1.17 bits per heavy atom. The molecule has 0 aromatic heterocycles. The molecule has 23 heavy (non-hydrogen) atoms. The van der Waals surface area contributed by atoms with Crippen LogP contribution in [0.3, 0.4) is 0 Å². The minimum atomic E-state index is 0. The summed E-state index contributed by atoms with van der Waals surface area (Å²) in [6.07, 6.45) is 12.0. The second-order valence-corrected chi connectivity index (χ2v) is 6.62. The molecule has 134 valence electrons. The second-order valence-electron chi connectivity index (χ2n) is 6.62. The van der Waals surface area contributed by atoms with Gasteiger partial charge in [-0.2, -0.15) is 0 Å². The van der Waals surface area contributed by atoms with Crippen LogP contribution in [-0.2, 0) is 0 Å². The number of guanidine groups is 1. The molecule has 0 saturated carbocycles. The van der Waals surface area contributed by atoms with Crippen LogP contribution in [0.2, 0.25) is 0 Å². The molecule has 0 bridgehead atoms. The Bertz CT molecular complexity index is 363. The Morgan fingerprint density at radius 2 is 1.78 bits per heavy atom. The number of hydrogen-bond donors (Lipinski definition) is 2. The van der Waals surface area contributed by atoms with Gasteiger partial charge in [0.15, 0.2) is 5.96 Å². The summed E-state index contributed by atoms with van der Waals surface area (Å²) in [5, 5.41) is 7.14. The predicted molar refractivity (Wildman–Crippen MR) is 111 cm³/mol. The van der Waals surface area contributed by atoms with Crippen molar-refractivity contribution in [2.45, 2.75) is 64.5 Å². The molecule has 1 aliphatic heterocycles. The lowest BCUT2D eigenvalue weighted by atomic mass is 9.93. The summed E-state index contributed by atoms with van der Waals surface area (Å²) < 4.78 is 0. The van der Waals surface area contributed by atoms with E-state index in [1.165, 1.54) is 38.8 Å². The van der Waals surface area contributed by atoms with E-state index in [0.717, 1.165) is 31.3 Å². The average molecular weight is 434 g/mol. The van der Waals surface area contributed by atoms with E-state index in [4.69, 9.17) is 0 Å². The van der Waals surface area contributed by atoms with Gasteiger partial charge in [0.2, 0.25) is 0 Å². The third kappa shape index (κ3) is 6.25. The summed E-state index contributed by atoms with van der Waals surface area (Å²) in [6, 6.07) is 1.15. The zero-order chi connectivity index (χ0) is 15.8. The Labute approximate surface area is 159 Å². The molecule has 0 aromatic rings. The topological polar surface area (TPSA) is 39.7 Å². The number of rotatable bonds is 7. The van der Waals surface area contributed by atoms with Crippen LogP contribution in [0.15, 0.2) is 17.1 Å². The van der Waals surface area contributed by atoms with E-state index in [2.05, 4.69) is 46.5 Å². The summed E-state index contributed by atoms with van der Waals surface area (Å²) in [6.45, 7) is 8.19. The van der Waals surface area contributed by atoms with Crippen LogP contribution in [0.25, 0.3) is 0 Å². The molecule has 1 heterocycles. The number of nitrogens with zero attached hydrogens (tertiary/aromatic N) is 2. The molecule has 0 amide bonds. The molecule has 2 aliphatic rings. The quantitative estimate of drug-likeness (QED) is 0.279. The van der Waals surface area contributed by atoms with Crippen molar-refractivity contribution in [3.8, 4) is 0 Å². The molecule has 4 nitrogen and oxygen atoms in total. The Balaban J connectivity index is 0.00000264. The first kappa shape index (κ1) is 20.7. The molecule has 0 radical (unpaired) electrons. The third-order valence-electron chi connectivity index (χ3n) is 5.25. The summed E-state index contributed by atoms with van der Waals surface area (Å²) in [5.74, 6) is 1.74. The smallest absolute Gasteiger partial charge is 0.191 e. The van der Waals surface area contributed by atoms with Crippen molar-refractivity contribution in [2.24, 2.45) is 10.9 Å². The highest BCUT2D eigenvalue weighted by Gasteiger charge is 2.27. The molecule has 1 aliphatic carbocycles. The van der Waals surface area contributed by atoms with Crippen LogP contribution in [0.5, 0.6) is 0 Å². The van der Waals surface area contributed by atoms with Gasteiger partial charge in [-0.05, 0) is 44.7 Å². The van der Waals surface area contributed by atoms with Gasteiger partial charge in [0.05, 0.1) is 0 Å². The molecule has 0 aromatic carbocycles. The predicted octanol–water partition coefficient (Wildman–Crippen LogP) is 3.39. The fraction of sp³-hybridized carbons (Fsp3) is 0.833. The fourth-order valence-electron chi connectivity index (χ4n) is 3.82. The van der Waals surface area contributed by atoms with Crippen molar-refractivity contribution < 1.29 is 0 Å². The lowest BCUT2D eigenvalue weighted by Crippen LogP contribution is -2.50. The van der Waals surface area contributed by atoms with Gasteiger partial charge in [-0.25, -0.2) is 0 Å². The number of likely N-dealkylation sites (tertiary alicyclic amines) is 1. The number of aliphatic imine (C=N–C) groups is 1. The molecule has 1 atom stereocenters. The second kappa shape index (κ2) is 11.3. The summed E-state index contributed by atoms with van der Waals surface area (Å²) in [4.78, 5) is 7.10. The molecule has 1 fully saturated rings. The van der Waals surface area contributed by atoms with E-state index < -0.39 is 0 Å². The first-order valence-electron chi connectivity index (χ1n) is 9.14. The zero-order valence-corrected chi connectivity index (χ0v) is 17.4. The molecule has 5 heteroatoms. The van der Waals surface area contributed by atoms with Crippen molar-refractivity contribution in [1.82, 2.24) is 15.5 Å². The van der Waals surface area contributed by atoms with Crippen molar-refractivity contribution >= 4 is 29.9 Å². The first-order valence-corrected chi connectivity index (χ1v) is 9.14. The SMILES string of the molecule is CCC(CC)C(CNC(=NC)NC1CC=CC1)N1CCCC1.I. The lowest BCUT2D eigenvalue weighted by Gasteiger charge is -2.34. The summed E-state index contributed by atoms with van der Waals surface area (Å²) in [7, 11) is 1.87. The first-order chi connectivity index (χ1) is 10.8. The maximum atomic E-state index is 4.41. The molecular formula is C18H35IN4. The van der Waals surface area contributed by atoms with Crippen molar-refractivity contribution in [1.29, 1.82) is 0 Å². The molecule has 2 N–H and O–H groups in total. The summed E-state index contributed by atoms with van der Waals surface area (Å²) in [5.41, 5.74) is 0. The van der Waals surface area contributed by atoms with E-state index in [9.17, 15) is 0 Å². The van der Waals surface area contributed by atoms with Crippen LogP contribution < -0.4 is 10.6 Å². The van der Waals surface area contributed by atoms with Crippen LogP contribution >= 0.6 is 24.0 Å². The van der Waals surface area contributed by atoms with Crippen molar-refractivity contribution in [3.63, 3.8) is 0 Å². The molecule has 1 saturated heterocycles. The normalized spacial score (nSPS) is 20.8.